The summed E-state index contributed by atoms with van der Waals surface area (Å²) in [4.78, 5) is 13.6. The molecule has 1 aromatic heterocycles. The van der Waals surface area contributed by atoms with Gasteiger partial charge in [0.25, 0.3) is 5.91 Å². The Morgan fingerprint density at radius 3 is 2.73 bits per heavy atom. The first-order valence-electron chi connectivity index (χ1n) is 8.21. The topological polar surface area (TPSA) is 55.1 Å². The lowest BCUT2D eigenvalue weighted by molar-refractivity contribution is 0.0948. The fourth-order valence-corrected chi connectivity index (χ4v) is 4.21. The lowest BCUT2D eigenvalue weighted by Gasteiger charge is -2.10. The third-order valence-corrected chi connectivity index (χ3v) is 5.62. The van der Waals surface area contributed by atoms with Crippen molar-refractivity contribution in [2.75, 3.05) is 0 Å². The van der Waals surface area contributed by atoms with Crippen LogP contribution in [-0.4, -0.2) is 11.1 Å². The Morgan fingerprint density at radius 2 is 2.00 bits per heavy atom. The van der Waals surface area contributed by atoms with E-state index in [1.165, 1.54) is 0 Å². The molecule has 0 radical (unpaired) electrons. The van der Waals surface area contributed by atoms with Gasteiger partial charge in [0.15, 0.2) is 0 Å². The Balaban J connectivity index is 1.69. The van der Waals surface area contributed by atoms with Gasteiger partial charge in [0.05, 0.1) is 11.3 Å². The van der Waals surface area contributed by atoms with Crippen molar-refractivity contribution in [2.45, 2.75) is 31.0 Å². The van der Waals surface area contributed by atoms with E-state index in [0.717, 1.165) is 37.7 Å². The molecule has 6 heteroatoms. The number of aryl methyl sites for hydroxylation is 2. The third kappa shape index (κ3) is 4.56. The summed E-state index contributed by atoms with van der Waals surface area (Å²) in [5.74, 6) is 1.47. The molecule has 0 aliphatic heterocycles. The van der Waals surface area contributed by atoms with Crippen LogP contribution in [0.4, 0.5) is 0 Å². The minimum Gasteiger partial charge on any atom is -0.361 e. The van der Waals surface area contributed by atoms with E-state index in [1.807, 2.05) is 62.4 Å². The number of hydrogen-bond donors (Lipinski definition) is 1. The van der Waals surface area contributed by atoms with E-state index >= 15 is 0 Å². The van der Waals surface area contributed by atoms with Crippen LogP contribution >= 0.6 is 27.7 Å². The molecule has 0 saturated heterocycles. The van der Waals surface area contributed by atoms with E-state index in [-0.39, 0.29) is 5.91 Å². The van der Waals surface area contributed by atoms with E-state index in [0.29, 0.717) is 12.1 Å². The lowest BCUT2D eigenvalue weighted by Crippen LogP contribution is -2.23. The molecule has 1 amide bonds. The van der Waals surface area contributed by atoms with Crippen molar-refractivity contribution in [3.63, 3.8) is 0 Å². The number of carbonyl (C=O) groups excluding carboxylic acids is 1. The predicted octanol–water partition coefficient (Wildman–Crippen LogP) is 5.28. The number of nitrogens with one attached hydrogen (secondary N) is 1. The molecule has 3 aromatic rings. The lowest BCUT2D eigenvalue weighted by atomic mass is 10.2. The van der Waals surface area contributed by atoms with Crippen molar-refractivity contribution < 1.29 is 9.32 Å². The molecule has 2 aromatic carbocycles. The normalized spacial score (nSPS) is 10.7. The zero-order chi connectivity index (χ0) is 18.5. The van der Waals surface area contributed by atoms with E-state index in [2.05, 4.69) is 26.4 Å². The largest absolute Gasteiger partial charge is 0.361 e. The Labute approximate surface area is 165 Å². The molecular weight excluding hydrogens is 412 g/mol. The van der Waals surface area contributed by atoms with Crippen LogP contribution in [0.1, 0.15) is 32.9 Å². The van der Waals surface area contributed by atoms with Crippen molar-refractivity contribution in [3.05, 3.63) is 81.1 Å². The molecule has 1 N–H and O–H groups in total. The van der Waals surface area contributed by atoms with E-state index < -0.39 is 0 Å². The van der Waals surface area contributed by atoms with Gasteiger partial charge >= 0.3 is 0 Å². The maximum absolute atomic E-state index is 12.7. The number of carbonyl (C=O) groups is 1. The summed E-state index contributed by atoms with van der Waals surface area (Å²) in [6.07, 6.45) is 0. The number of benzene rings is 2. The van der Waals surface area contributed by atoms with Crippen LogP contribution in [0.2, 0.25) is 0 Å². The molecule has 0 spiro atoms. The molecule has 0 aliphatic carbocycles. The van der Waals surface area contributed by atoms with E-state index in [9.17, 15) is 4.79 Å². The first-order valence-corrected chi connectivity index (χ1v) is 9.98. The third-order valence-electron chi connectivity index (χ3n) is 4.03. The molecule has 26 heavy (non-hydrogen) atoms. The molecule has 134 valence electrons. The summed E-state index contributed by atoms with van der Waals surface area (Å²) in [7, 11) is 0. The number of aromatic nitrogens is 1. The van der Waals surface area contributed by atoms with E-state index in [1.54, 1.807) is 11.8 Å². The number of rotatable bonds is 6. The Morgan fingerprint density at radius 1 is 1.19 bits per heavy atom. The van der Waals surface area contributed by atoms with Crippen molar-refractivity contribution >= 4 is 33.6 Å². The first kappa shape index (κ1) is 18.7. The Hall–Kier alpha value is -2.05. The van der Waals surface area contributed by atoms with Gasteiger partial charge in [-0.1, -0.05) is 45.4 Å². The smallest absolute Gasteiger partial charge is 0.252 e. The van der Waals surface area contributed by atoms with Crippen LogP contribution in [0.25, 0.3) is 0 Å². The SMILES string of the molecule is Cc1noc(C)c1CSc1ccccc1C(=O)NCc1cccc(Br)c1. The summed E-state index contributed by atoms with van der Waals surface area (Å²) >= 11 is 5.07. The van der Waals surface area contributed by atoms with Crippen LogP contribution < -0.4 is 5.32 Å². The van der Waals surface area contributed by atoms with Crippen LogP contribution in [0.15, 0.2) is 62.4 Å². The van der Waals surface area contributed by atoms with Gasteiger partial charge in [-0.15, -0.1) is 11.8 Å². The standard InChI is InChI=1S/C20H19BrN2O2S/c1-13-18(14(2)25-23-13)12-26-19-9-4-3-8-17(19)20(24)22-11-15-6-5-7-16(21)10-15/h3-10H,11-12H2,1-2H3,(H,22,24). The van der Waals surface area contributed by atoms with Gasteiger partial charge in [-0.3, -0.25) is 4.79 Å². The second kappa shape index (κ2) is 8.56. The molecule has 1 heterocycles. The van der Waals surface area contributed by atoms with Crippen LogP contribution in [0.5, 0.6) is 0 Å². The monoisotopic (exact) mass is 430 g/mol. The number of thioether (sulfide) groups is 1. The highest BCUT2D eigenvalue weighted by molar-refractivity contribution is 9.10. The van der Waals surface area contributed by atoms with Gasteiger partial charge in [-0.25, -0.2) is 0 Å². The maximum Gasteiger partial charge on any atom is 0.252 e. The van der Waals surface area contributed by atoms with Gasteiger partial charge in [-0.05, 0) is 43.7 Å². The van der Waals surface area contributed by atoms with E-state index in [4.69, 9.17) is 4.52 Å². The van der Waals surface area contributed by atoms with Gasteiger partial charge in [-0.2, -0.15) is 0 Å². The number of halogens is 1. The molecule has 0 fully saturated rings. The highest BCUT2D eigenvalue weighted by Gasteiger charge is 2.14. The van der Waals surface area contributed by atoms with Gasteiger partial charge in [0.1, 0.15) is 5.76 Å². The highest BCUT2D eigenvalue weighted by atomic mass is 79.9. The van der Waals surface area contributed by atoms with Crippen LogP contribution in [-0.2, 0) is 12.3 Å². The molecular formula is C20H19BrN2O2S. The summed E-state index contributed by atoms with van der Waals surface area (Å²) in [6, 6.07) is 15.6. The first-order chi connectivity index (χ1) is 12.5. The zero-order valence-electron chi connectivity index (χ0n) is 14.6. The summed E-state index contributed by atoms with van der Waals surface area (Å²) in [5, 5.41) is 6.98. The molecule has 3 rings (SSSR count). The summed E-state index contributed by atoms with van der Waals surface area (Å²) in [6.45, 7) is 4.33. The number of nitrogens with zero attached hydrogens (tertiary/aromatic N) is 1. The average molecular weight is 431 g/mol. The van der Waals surface area contributed by atoms with Crippen molar-refractivity contribution in [1.29, 1.82) is 0 Å². The summed E-state index contributed by atoms with van der Waals surface area (Å²) in [5.41, 5.74) is 3.71. The minimum atomic E-state index is -0.0770. The fourth-order valence-electron chi connectivity index (χ4n) is 2.56. The Bertz CT molecular complexity index is 904. The molecule has 0 atom stereocenters. The molecule has 4 nitrogen and oxygen atoms in total. The van der Waals surface area contributed by atoms with Crippen molar-refractivity contribution in [1.82, 2.24) is 10.5 Å². The van der Waals surface area contributed by atoms with Gasteiger partial charge in [0, 0.05) is 27.2 Å². The predicted molar refractivity (Wildman–Crippen MR) is 107 cm³/mol. The number of amides is 1. The fraction of sp³-hybridized carbons (Fsp3) is 0.200. The zero-order valence-corrected chi connectivity index (χ0v) is 17.0. The molecule has 0 bridgehead atoms. The second-order valence-corrected chi connectivity index (χ2v) is 7.83. The summed E-state index contributed by atoms with van der Waals surface area (Å²) < 4.78 is 6.21. The molecule has 0 unspecified atom stereocenters. The van der Waals surface area contributed by atoms with Crippen LogP contribution in [0.3, 0.4) is 0 Å². The van der Waals surface area contributed by atoms with Crippen LogP contribution in [0, 0.1) is 13.8 Å². The average Bonchev–Trinajstić information content (AvgIpc) is 2.96. The quantitative estimate of drug-likeness (QED) is 0.540. The minimum absolute atomic E-state index is 0.0770. The highest BCUT2D eigenvalue weighted by Crippen LogP contribution is 2.28. The molecule has 0 aliphatic rings. The number of hydrogen-bond acceptors (Lipinski definition) is 4. The van der Waals surface area contributed by atoms with Gasteiger partial charge < -0.3 is 9.84 Å². The molecule has 0 saturated carbocycles. The van der Waals surface area contributed by atoms with Gasteiger partial charge in [0.2, 0.25) is 0 Å². The Kier molecular flexibility index (Phi) is 6.16. The second-order valence-electron chi connectivity index (χ2n) is 5.90. The van der Waals surface area contributed by atoms with Crippen molar-refractivity contribution in [3.8, 4) is 0 Å². The van der Waals surface area contributed by atoms with Crippen molar-refractivity contribution in [2.24, 2.45) is 0 Å². The maximum atomic E-state index is 12.7.